The minimum atomic E-state index is -0.508. The predicted octanol–water partition coefficient (Wildman–Crippen LogP) is 14.6. The number of fused-ring (bicyclic) bond motifs is 16. The monoisotopic (exact) mass is 725 g/mol. The Labute approximate surface area is 320 Å². The van der Waals surface area contributed by atoms with Crippen LogP contribution in [0.3, 0.4) is 0 Å². The molecule has 4 heteroatoms. The minimum Gasteiger partial charge on any atom is -0.454 e. The lowest BCUT2D eigenvalue weighted by Gasteiger charge is -2.40. The van der Waals surface area contributed by atoms with Crippen molar-refractivity contribution in [1.29, 1.82) is 0 Å². The molecule has 0 saturated carbocycles. The number of anilines is 3. The summed E-state index contributed by atoms with van der Waals surface area (Å²) in [7, 11) is 0. The average Bonchev–Trinajstić information content (AvgIpc) is 3.88. The highest BCUT2D eigenvalue weighted by atomic mass is 32.2. The highest BCUT2D eigenvalue weighted by Gasteiger charge is 2.51. The van der Waals surface area contributed by atoms with Crippen LogP contribution in [0, 0.1) is 6.92 Å². The third kappa shape index (κ3) is 3.96. The molecule has 12 rings (SSSR count). The fraction of sp³-hybridized carbons (Fsp3) is 0.0400. The summed E-state index contributed by atoms with van der Waals surface area (Å²) in [5.74, 6) is 0. The van der Waals surface area contributed by atoms with Crippen LogP contribution < -0.4 is 4.90 Å². The van der Waals surface area contributed by atoms with Crippen LogP contribution >= 0.6 is 23.1 Å². The number of rotatable bonds is 3. The predicted molar refractivity (Wildman–Crippen MR) is 227 cm³/mol. The maximum atomic E-state index is 6.72. The van der Waals surface area contributed by atoms with Crippen molar-refractivity contribution in [3.05, 3.63) is 198 Å². The van der Waals surface area contributed by atoms with Gasteiger partial charge >= 0.3 is 0 Å². The molecule has 8 aromatic carbocycles. The minimum absolute atomic E-state index is 0.508. The Morgan fingerprint density at radius 1 is 0.519 bits per heavy atom. The molecule has 54 heavy (non-hydrogen) atoms. The number of nitrogens with zero attached hydrogens (tertiary/aromatic N) is 1. The molecule has 2 nitrogen and oxygen atoms in total. The zero-order valence-corrected chi connectivity index (χ0v) is 31.0. The summed E-state index contributed by atoms with van der Waals surface area (Å²) in [5.41, 5.74) is 13.6. The van der Waals surface area contributed by atoms with E-state index in [-0.39, 0.29) is 0 Å². The molecule has 0 amide bonds. The number of benzene rings is 8. The van der Waals surface area contributed by atoms with Crippen LogP contribution in [0.25, 0.3) is 53.2 Å². The maximum absolute atomic E-state index is 6.72. The van der Waals surface area contributed by atoms with Crippen LogP contribution in [0.4, 0.5) is 17.1 Å². The zero-order valence-electron chi connectivity index (χ0n) is 29.3. The molecular weight excluding hydrogens is 695 g/mol. The molecule has 10 aromatic rings. The standard InChI is InChI=1S/C50H31NOS2/c1-30-13-2-8-20-42(30)51(43-21-12-17-36-34-15-4-9-22-44(34)52-47(36)43)31-25-26-33-32-14-3-6-18-38(32)50(41(33)29-31)39-19-7-11-24-46(39)54-49-40(50)28-27-37-35-16-5-10-23-45(35)53-48(37)49/h2-29H,1H3. The third-order valence-electron chi connectivity index (χ3n) is 11.7. The second-order valence-corrected chi connectivity index (χ2v) is 16.5. The molecule has 1 aliphatic heterocycles. The van der Waals surface area contributed by atoms with Gasteiger partial charge in [-0.05, 0) is 88.3 Å². The van der Waals surface area contributed by atoms with Gasteiger partial charge in [-0.2, -0.15) is 0 Å². The SMILES string of the molecule is Cc1ccccc1N(c1ccc2c(c1)C1(c3ccccc3Sc3c1ccc1c3sc3ccccc31)c1ccccc1-2)c1cccc2c1oc1ccccc12. The van der Waals surface area contributed by atoms with Crippen LogP contribution in [0.5, 0.6) is 0 Å². The van der Waals surface area contributed by atoms with Crippen molar-refractivity contribution in [3.63, 3.8) is 0 Å². The van der Waals surface area contributed by atoms with Crippen molar-refractivity contribution >= 4 is 82.3 Å². The Kier molecular flexibility index (Phi) is 6.32. The second kappa shape index (κ2) is 11.2. The van der Waals surface area contributed by atoms with Crippen molar-refractivity contribution < 1.29 is 4.42 Å². The summed E-state index contributed by atoms with van der Waals surface area (Å²) in [4.78, 5) is 5.09. The zero-order chi connectivity index (χ0) is 35.5. The Balaban J connectivity index is 1.19. The van der Waals surface area contributed by atoms with Gasteiger partial charge in [0.2, 0.25) is 0 Å². The highest BCUT2D eigenvalue weighted by Crippen LogP contribution is 2.64. The molecule has 1 aliphatic carbocycles. The summed E-state index contributed by atoms with van der Waals surface area (Å²) >= 11 is 3.86. The number of hydrogen-bond acceptors (Lipinski definition) is 4. The molecule has 0 saturated heterocycles. The Bertz CT molecular complexity index is 3190. The van der Waals surface area contributed by atoms with Gasteiger partial charge in [0.25, 0.3) is 0 Å². The van der Waals surface area contributed by atoms with Crippen LogP contribution in [-0.2, 0) is 5.41 Å². The average molecular weight is 726 g/mol. The lowest BCUT2D eigenvalue weighted by atomic mass is 9.67. The summed E-state index contributed by atoms with van der Waals surface area (Å²) in [5, 5.41) is 4.91. The van der Waals surface area contributed by atoms with Crippen molar-refractivity contribution in [2.75, 3.05) is 4.90 Å². The van der Waals surface area contributed by atoms with Crippen LogP contribution in [0.2, 0.25) is 0 Å². The van der Waals surface area contributed by atoms with E-state index in [4.69, 9.17) is 4.42 Å². The van der Waals surface area contributed by atoms with Crippen LogP contribution in [-0.4, -0.2) is 0 Å². The van der Waals surface area contributed by atoms with Crippen LogP contribution in [0.1, 0.15) is 27.8 Å². The van der Waals surface area contributed by atoms with Gasteiger partial charge in [0.05, 0.1) is 11.1 Å². The van der Waals surface area contributed by atoms with Crippen LogP contribution in [0.15, 0.2) is 184 Å². The van der Waals surface area contributed by atoms with E-state index in [0.29, 0.717) is 0 Å². The fourth-order valence-corrected chi connectivity index (χ4v) is 12.0. The summed E-state index contributed by atoms with van der Waals surface area (Å²) in [6.07, 6.45) is 0. The molecule has 2 aliphatic rings. The lowest BCUT2D eigenvalue weighted by molar-refractivity contribution is 0.669. The Hall–Kier alpha value is -6.07. The van der Waals surface area contributed by atoms with Crippen molar-refractivity contribution in [1.82, 2.24) is 0 Å². The molecule has 0 bridgehead atoms. The van der Waals surface area contributed by atoms with E-state index in [9.17, 15) is 0 Å². The van der Waals surface area contributed by atoms with Gasteiger partial charge in [-0.3, -0.25) is 0 Å². The van der Waals surface area contributed by atoms with E-state index in [1.165, 1.54) is 68.9 Å². The highest BCUT2D eigenvalue weighted by molar-refractivity contribution is 8.00. The largest absolute Gasteiger partial charge is 0.454 e. The maximum Gasteiger partial charge on any atom is 0.159 e. The first-order chi connectivity index (χ1) is 26.7. The van der Waals surface area contributed by atoms with Crippen molar-refractivity contribution in [2.45, 2.75) is 22.1 Å². The Morgan fingerprint density at radius 2 is 1.24 bits per heavy atom. The first-order valence-corrected chi connectivity index (χ1v) is 20.1. The van der Waals surface area contributed by atoms with Gasteiger partial charge in [0.1, 0.15) is 5.58 Å². The topological polar surface area (TPSA) is 16.4 Å². The van der Waals surface area contributed by atoms with Gasteiger partial charge < -0.3 is 9.32 Å². The fourth-order valence-electron chi connectivity index (χ4n) is 9.40. The van der Waals surface area contributed by atoms with Gasteiger partial charge in [-0.15, -0.1) is 11.3 Å². The summed E-state index contributed by atoms with van der Waals surface area (Å²) < 4.78 is 9.42. The van der Waals surface area contributed by atoms with E-state index in [1.54, 1.807) is 0 Å². The molecule has 1 atom stereocenters. The summed E-state index contributed by atoms with van der Waals surface area (Å²) in [6, 6.07) is 62.6. The normalized spacial score (nSPS) is 15.5. The number of para-hydroxylation sites is 3. The van der Waals surface area contributed by atoms with Crippen molar-refractivity contribution in [3.8, 4) is 11.1 Å². The Morgan fingerprint density at radius 3 is 2.17 bits per heavy atom. The molecule has 0 radical (unpaired) electrons. The lowest BCUT2D eigenvalue weighted by Crippen LogP contribution is -2.32. The van der Waals surface area contributed by atoms with Gasteiger partial charge in [-0.1, -0.05) is 139 Å². The first kappa shape index (κ1) is 30.4. The first-order valence-electron chi connectivity index (χ1n) is 18.4. The molecule has 3 heterocycles. The van der Waals surface area contributed by atoms with E-state index in [1.807, 2.05) is 29.2 Å². The number of thiophene rings is 1. The molecular formula is C50H31NOS2. The molecule has 2 aromatic heterocycles. The molecule has 0 N–H and O–H groups in total. The van der Waals surface area contributed by atoms with E-state index >= 15 is 0 Å². The molecule has 1 unspecified atom stereocenters. The van der Waals surface area contributed by atoms with Crippen molar-refractivity contribution in [2.24, 2.45) is 0 Å². The molecule has 0 fully saturated rings. The quantitative estimate of drug-likeness (QED) is 0.180. The van der Waals surface area contributed by atoms with E-state index in [2.05, 4.69) is 176 Å². The van der Waals surface area contributed by atoms with Gasteiger partial charge in [-0.25, -0.2) is 0 Å². The van der Waals surface area contributed by atoms with E-state index < -0.39 is 5.41 Å². The molecule has 254 valence electrons. The second-order valence-electron chi connectivity index (χ2n) is 14.4. The smallest absolute Gasteiger partial charge is 0.159 e. The van der Waals surface area contributed by atoms with Gasteiger partial charge in [0, 0.05) is 52.1 Å². The third-order valence-corrected chi connectivity index (χ3v) is 14.2. The number of furan rings is 1. The van der Waals surface area contributed by atoms with E-state index in [0.717, 1.165) is 39.0 Å². The summed E-state index contributed by atoms with van der Waals surface area (Å²) in [6.45, 7) is 2.20. The molecule has 1 spiro atoms. The van der Waals surface area contributed by atoms with Gasteiger partial charge in [0.15, 0.2) is 5.58 Å². The number of aryl methyl sites for hydroxylation is 1. The number of hydrogen-bond donors (Lipinski definition) is 0.